The molecule has 0 amide bonds. The van der Waals surface area contributed by atoms with Crippen molar-refractivity contribution in [1.82, 2.24) is 4.98 Å². The molecule has 3 nitrogen and oxygen atoms in total. The maximum Gasteiger partial charge on any atom is 0.107 e. The van der Waals surface area contributed by atoms with Crippen molar-refractivity contribution >= 4 is 33.8 Å². The van der Waals surface area contributed by atoms with Crippen molar-refractivity contribution in [3.8, 4) is 0 Å². The second kappa shape index (κ2) is 5.13. The third-order valence-electron chi connectivity index (χ3n) is 3.59. The third-order valence-corrected chi connectivity index (χ3v) is 3.81. The Hall–Kier alpha value is -1.68. The van der Waals surface area contributed by atoms with Gasteiger partial charge in [-0.1, -0.05) is 43.3 Å². The summed E-state index contributed by atoms with van der Waals surface area (Å²) in [6.07, 6.45) is 5.74. The molecule has 2 aromatic rings. The van der Waals surface area contributed by atoms with Gasteiger partial charge >= 0.3 is 0 Å². The van der Waals surface area contributed by atoms with Gasteiger partial charge in [-0.3, -0.25) is 4.98 Å². The molecule has 19 heavy (non-hydrogen) atoms. The maximum atomic E-state index is 5.80. The molecule has 0 unspecified atom stereocenters. The Balaban J connectivity index is 1.95. The molecule has 0 saturated heterocycles. The van der Waals surface area contributed by atoms with Crippen LogP contribution in [0.3, 0.4) is 0 Å². The number of thiocarbonyl (C=S) groups is 1. The SMILES string of the molecule is NC(=S)c1cnc2ccccc2c1NCCC1CC1. The molecule has 3 N–H and O–H groups in total. The number of benzene rings is 1. The third kappa shape index (κ3) is 2.68. The van der Waals surface area contributed by atoms with E-state index >= 15 is 0 Å². The van der Waals surface area contributed by atoms with Crippen LogP contribution >= 0.6 is 12.2 Å². The molecule has 1 aromatic heterocycles. The van der Waals surface area contributed by atoms with Crippen molar-refractivity contribution in [2.24, 2.45) is 11.7 Å². The molecule has 1 fully saturated rings. The van der Waals surface area contributed by atoms with E-state index in [0.717, 1.165) is 34.6 Å². The fraction of sp³-hybridized carbons (Fsp3) is 0.333. The lowest BCUT2D eigenvalue weighted by molar-refractivity contribution is 0.760. The summed E-state index contributed by atoms with van der Waals surface area (Å²) in [6, 6.07) is 8.07. The summed E-state index contributed by atoms with van der Waals surface area (Å²) in [5.41, 5.74) is 8.63. The fourth-order valence-corrected chi connectivity index (χ4v) is 2.48. The van der Waals surface area contributed by atoms with Gasteiger partial charge in [0.25, 0.3) is 0 Å². The minimum atomic E-state index is 0.396. The highest BCUT2D eigenvalue weighted by Crippen LogP contribution is 2.33. The van der Waals surface area contributed by atoms with Crippen LogP contribution < -0.4 is 11.1 Å². The van der Waals surface area contributed by atoms with E-state index < -0.39 is 0 Å². The lowest BCUT2D eigenvalue weighted by Gasteiger charge is -2.13. The zero-order valence-corrected chi connectivity index (χ0v) is 11.5. The maximum absolute atomic E-state index is 5.80. The average molecular weight is 271 g/mol. The topological polar surface area (TPSA) is 50.9 Å². The van der Waals surface area contributed by atoms with E-state index in [1.807, 2.05) is 18.2 Å². The molecule has 0 aliphatic heterocycles. The Bertz CT molecular complexity index is 620. The van der Waals surface area contributed by atoms with Crippen molar-refractivity contribution in [3.05, 3.63) is 36.0 Å². The second-order valence-electron chi connectivity index (χ2n) is 5.09. The standard InChI is InChI=1S/C15H17N3S/c16-15(19)12-9-18-13-4-2-1-3-11(13)14(12)17-8-7-10-5-6-10/h1-4,9-10H,5-8H2,(H2,16,19)(H,17,18). The predicted octanol–water partition coefficient (Wildman–Crippen LogP) is 3.08. The van der Waals surface area contributed by atoms with Crippen molar-refractivity contribution in [2.75, 3.05) is 11.9 Å². The highest BCUT2D eigenvalue weighted by atomic mass is 32.1. The first kappa shape index (κ1) is 12.4. The van der Waals surface area contributed by atoms with E-state index in [9.17, 15) is 0 Å². The van der Waals surface area contributed by atoms with Gasteiger partial charge in [0, 0.05) is 18.1 Å². The highest BCUT2D eigenvalue weighted by Gasteiger charge is 2.20. The van der Waals surface area contributed by atoms with E-state index in [1.54, 1.807) is 6.20 Å². The predicted molar refractivity (Wildman–Crippen MR) is 83.5 cm³/mol. The lowest BCUT2D eigenvalue weighted by atomic mass is 10.1. The number of aromatic nitrogens is 1. The van der Waals surface area contributed by atoms with E-state index in [2.05, 4.69) is 16.4 Å². The van der Waals surface area contributed by atoms with Crippen molar-refractivity contribution in [3.63, 3.8) is 0 Å². The number of rotatable bonds is 5. The molecule has 0 spiro atoms. The first-order chi connectivity index (χ1) is 9.25. The van der Waals surface area contributed by atoms with Crippen LogP contribution in [0.2, 0.25) is 0 Å². The Morgan fingerprint density at radius 3 is 2.89 bits per heavy atom. The zero-order valence-electron chi connectivity index (χ0n) is 10.7. The molecule has 1 saturated carbocycles. The normalized spacial score (nSPS) is 14.5. The number of nitrogens with two attached hydrogens (primary N) is 1. The summed E-state index contributed by atoms with van der Waals surface area (Å²) in [7, 11) is 0. The lowest BCUT2D eigenvalue weighted by Crippen LogP contribution is -2.15. The quantitative estimate of drug-likeness (QED) is 0.821. The molecule has 1 aliphatic rings. The Kier molecular flexibility index (Phi) is 3.34. The summed E-state index contributed by atoms with van der Waals surface area (Å²) in [5.74, 6) is 0.911. The smallest absolute Gasteiger partial charge is 0.107 e. The van der Waals surface area contributed by atoms with E-state index in [-0.39, 0.29) is 0 Å². The molecule has 4 heteroatoms. The summed E-state index contributed by atoms with van der Waals surface area (Å²) in [6.45, 7) is 0.967. The van der Waals surface area contributed by atoms with Gasteiger partial charge < -0.3 is 11.1 Å². The number of hydrogen-bond donors (Lipinski definition) is 2. The summed E-state index contributed by atoms with van der Waals surface area (Å²) in [5, 5.41) is 4.59. The van der Waals surface area contributed by atoms with Crippen molar-refractivity contribution in [1.29, 1.82) is 0 Å². The van der Waals surface area contributed by atoms with Gasteiger partial charge in [0.2, 0.25) is 0 Å². The molecule has 98 valence electrons. The number of nitrogens with zero attached hydrogens (tertiary/aromatic N) is 1. The monoisotopic (exact) mass is 271 g/mol. The first-order valence-corrected chi connectivity index (χ1v) is 7.08. The van der Waals surface area contributed by atoms with Crippen LogP contribution in [0.5, 0.6) is 0 Å². The van der Waals surface area contributed by atoms with Crippen LogP contribution in [-0.4, -0.2) is 16.5 Å². The van der Waals surface area contributed by atoms with Crippen molar-refractivity contribution in [2.45, 2.75) is 19.3 Å². The number of pyridine rings is 1. The molecule has 1 aliphatic carbocycles. The zero-order chi connectivity index (χ0) is 13.2. The minimum Gasteiger partial charge on any atom is -0.389 e. The van der Waals surface area contributed by atoms with E-state index in [1.165, 1.54) is 19.3 Å². The second-order valence-corrected chi connectivity index (χ2v) is 5.53. The minimum absolute atomic E-state index is 0.396. The molecule has 1 heterocycles. The number of nitrogens with one attached hydrogen (secondary N) is 1. The van der Waals surface area contributed by atoms with E-state index in [0.29, 0.717) is 4.99 Å². The number of fused-ring (bicyclic) bond motifs is 1. The van der Waals surface area contributed by atoms with Gasteiger partial charge in [0.15, 0.2) is 0 Å². The van der Waals surface area contributed by atoms with Gasteiger partial charge in [-0.2, -0.15) is 0 Å². The Morgan fingerprint density at radius 1 is 1.37 bits per heavy atom. The van der Waals surface area contributed by atoms with Gasteiger partial charge in [-0.05, 0) is 18.4 Å². The number of anilines is 1. The van der Waals surface area contributed by atoms with Crippen LogP contribution in [0.25, 0.3) is 10.9 Å². The van der Waals surface area contributed by atoms with Crippen LogP contribution in [0, 0.1) is 5.92 Å². The molecular formula is C15H17N3S. The Morgan fingerprint density at radius 2 is 2.16 bits per heavy atom. The van der Waals surface area contributed by atoms with Gasteiger partial charge in [0.05, 0.1) is 16.8 Å². The summed E-state index contributed by atoms with van der Waals surface area (Å²) >= 11 is 5.12. The van der Waals surface area contributed by atoms with E-state index in [4.69, 9.17) is 18.0 Å². The van der Waals surface area contributed by atoms with Crippen LogP contribution in [0.1, 0.15) is 24.8 Å². The van der Waals surface area contributed by atoms with Crippen LogP contribution in [0.15, 0.2) is 30.5 Å². The molecular weight excluding hydrogens is 254 g/mol. The fourth-order valence-electron chi connectivity index (χ4n) is 2.33. The van der Waals surface area contributed by atoms with Crippen LogP contribution in [0.4, 0.5) is 5.69 Å². The number of hydrogen-bond acceptors (Lipinski definition) is 3. The molecule has 3 rings (SSSR count). The largest absolute Gasteiger partial charge is 0.389 e. The average Bonchev–Trinajstić information content (AvgIpc) is 3.22. The van der Waals surface area contributed by atoms with Crippen LogP contribution in [-0.2, 0) is 0 Å². The van der Waals surface area contributed by atoms with Gasteiger partial charge in [-0.15, -0.1) is 0 Å². The molecule has 1 aromatic carbocycles. The molecule has 0 radical (unpaired) electrons. The molecule has 0 bridgehead atoms. The van der Waals surface area contributed by atoms with Gasteiger partial charge in [0.1, 0.15) is 4.99 Å². The van der Waals surface area contributed by atoms with Gasteiger partial charge in [-0.25, -0.2) is 0 Å². The first-order valence-electron chi connectivity index (χ1n) is 6.67. The molecule has 0 atom stereocenters. The van der Waals surface area contributed by atoms with Crippen molar-refractivity contribution < 1.29 is 0 Å². The summed E-state index contributed by atoms with van der Waals surface area (Å²) in [4.78, 5) is 4.81. The highest BCUT2D eigenvalue weighted by molar-refractivity contribution is 7.80. The number of para-hydroxylation sites is 1. The Labute approximate surface area is 118 Å². The summed E-state index contributed by atoms with van der Waals surface area (Å²) < 4.78 is 0.